The number of fused-ring (bicyclic) bond motifs is 3. The Bertz CT molecular complexity index is 569. The molecular formula is C22H30O. The Labute approximate surface area is 141 Å². The molecule has 0 fully saturated rings. The van der Waals surface area contributed by atoms with E-state index in [1.54, 1.807) is 5.56 Å². The predicted molar refractivity (Wildman–Crippen MR) is 97.8 cm³/mol. The molecule has 3 atom stereocenters. The summed E-state index contributed by atoms with van der Waals surface area (Å²) in [4.78, 5) is 0. The molecule has 0 heterocycles. The van der Waals surface area contributed by atoms with Gasteiger partial charge in [-0.3, -0.25) is 0 Å². The Morgan fingerprint density at radius 1 is 0.957 bits per heavy atom. The van der Waals surface area contributed by atoms with Crippen molar-refractivity contribution in [2.45, 2.75) is 64.4 Å². The van der Waals surface area contributed by atoms with Crippen molar-refractivity contribution in [2.24, 2.45) is 5.92 Å². The molecular weight excluding hydrogens is 280 g/mol. The first-order valence-electron chi connectivity index (χ1n) is 9.40. The molecule has 1 aromatic carbocycles. The molecule has 3 rings (SSSR count). The Kier molecular flexibility index (Phi) is 5.72. The molecule has 23 heavy (non-hydrogen) atoms. The van der Waals surface area contributed by atoms with Gasteiger partial charge < -0.3 is 4.74 Å². The minimum Gasteiger partial charge on any atom is -0.377 e. The van der Waals surface area contributed by atoms with E-state index in [0.29, 0.717) is 17.8 Å². The molecule has 0 radical (unpaired) electrons. The molecule has 0 aliphatic heterocycles. The fraction of sp³-hybridized carbons (Fsp3) is 0.545. The predicted octanol–water partition coefficient (Wildman–Crippen LogP) is 6.12. The molecule has 1 aromatic rings. The third-order valence-electron chi connectivity index (χ3n) is 5.40. The highest BCUT2D eigenvalue weighted by atomic mass is 16.5. The van der Waals surface area contributed by atoms with Gasteiger partial charge >= 0.3 is 0 Å². The molecule has 0 N–H and O–H groups in total. The molecule has 1 heteroatoms. The van der Waals surface area contributed by atoms with Crippen molar-refractivity contribution in [2.75, 3.05) is 6.61 Å². The molecule has 2 aliphatic rings. The summed E-state index contributed by atoms with van der Waals surface area (Å²) in [5.41, 5.74) is 4.43. The van der Waals surface area contributed by atoms with Crippen LogP contribution in [0.1, 0.15) is 74.5 Å². The van der Waals surface area contributed by atoms with Crippen LogP contribution < -0.4 is 0 Å². The lowest BCUT2D eigenvalue weighted by Crippen LogP contribution is -2.09. The zero-order valence-corrected chi connectivity index (χ0v) is 14.6. The van der Waals surface area contributed by atoms with E-state index in [0.717, 1.165) is 13.2 Å². The molecule has 0 saturated heterocycles. The second kappa shape index (κ2) is 7.97. The molecule has 0 amide bonds. The summed E-state index contributed by atoms with van der Waals surface area (Å²) in [6, 6.07) is 7.04. The van der Waals surface area contributed by atoms with Gasteiger partial charge in [-0.1, -0.05) is 75.6 Å². The van der Waals surface area contributed by atoms with Crippen molar-refractivity contribution < 1.29 is 4.74 Å². The summed E-state index contributed by atoms with van der Waals surface area (Å²) < 4.78 is 5.88. The van der Waals surface area contributed by atoms with E-state index in [9.17, 15) is 0 Å². The van der Waals surface area contributed by atoms with Crippen molar-refractivity contribution in [1.82, 2.24) is 0 Å². The zero-order chi connectivity index (χ0) is 16.1. The van der Waals surface area contributed by atoms with E-state index >= 15 is 0 Å². The Morgan fingerprint density at radius 3 is 2.65 bits per heavy atom. The zero-order valence-electron chi connectivity index (χ0n) is 14.6. The molecule has 0 spiro atoms. The van der Waals surface area contributed by atoms with E-state index in [2.05, 4.69) is 56.4 Å². The van der Waals surface area contributed by atoms with Gasteiger partial charge in [-0.25, -0.2) is 0 Å². The highest BCUT2D eigenvalue weighted by molar-refractivity contribution is 5.47. The number of allylic oxidation sites excluding steroid dienone is 4. The number of benzene rings is 1. The van der Waals surface area contributed by atoms with Gasteiger partial charge in [-0.05, 0) is 41.4 Å². The topological polar surface area (TPSA) is 9.23 Å². The second-order valence-corrected chi connectivity index (χ2v) is 6.96. The van der Waals surface area contributed by atoms with E-state index < -0.39 is 0 Å². The first-order valence-corrected chi connectivity index (χ1v) is 9.40. The van der Waals surface area contributed by atoms with Crippen molar-refractivity contribution >= 4 is 0 Å². The van der Waals surface area contributed by atoms with Crippen LogP contribution in [0.2, 0.25) is 0 Å². The maximum absolute atomic E-state index is 5.88. The monoisotopic (exact) mass is 310 g/mol. The normalized spacial score (nSPS) is 24.7. The Morgan fingerprint density at radius 2 is 1.83 bits per heavy atom. The third kappa shape index (κ3) is 3.61. The van der Waals surface area contributed by atoms with E-state index in [1.165, 1.54) is 43.2 Å². The fourth-order valence-electron chi connectivity index (χ4n) is 4.18. The highest BCUT2D eigenvalue weighted by Gasteiger charge is 2.37. The number of unbranched alkanes of at least 4 members (excludes halogenated alkanes) is 3. The van der Waals surface area contributed by atoms with Crippen molar-refractivity contribution in [1.29, 1.82) is 0 Å². The van der Waals surface area contributed by atoms with E-state index in [4.69, 9.17) is 4.74 Å². The van der Waals surface area contributed by atoms with Gasteiger partial charge in [-0.15, -0.1) is 0 Å². The molecule has 1 nitrogen and oxygen atoms in total. The first kappa shape index (κ1) is 16.5. The quantitative estimate of drug-likeness (QED) is 0.526. The first-order chi connectivity index (χ1) is 11.3. The summed E-state index contributed by atoms with van der Waals surface area (Å²) in [5, 5.41) is 0. The van der Waals surface area contributed by atoms with Gasteiger partial charge in [0.15, 0.2) is 0 Å². The molecule has 124 valence electrons. The molecule has 0 bridgehead atoms. The van der Waals surface area contributed by atoms with Crippen LogP contribution in [0.25, 0.3) is 0 Å². The summed E-state index contributed by atoms with van der Waals surface area (Å²) in [6.45, 7) is 6.21. The minimum absolute atomic E-state index is 0.574. The van der Waals surface area contributed by atoms with Crippen LogP contribution in [0.15, 0.2) is 42.5 Å². The van der Waals surface area contributed by atoms with Crippen molar-refractivity contribution in [3.63, 3.8) is 0 Å². The lowest BCUT2D eigenvalue weighted by atomic mass is 9.83. The molecule has 2 aliphatic carbocycles. The molecule has 0 aromatic heterocycles. The maximum atomic E-state index is 5.88. The van der Waals surface area contributed by atoms with Crippen LogP contribution in [-0.4, -0.2) is 6.61 Å². The van der Waals surface area contributed by atoms with Crippen LogP contribution in [0.4, 0.5) is 0 Å². The second-order valence-electron chi connectivity index (χ2n) is 6.96. The van der Waals surface area contributed by atoms with E-state index in [1.807, 2.05) is 0 Å². The number of hydrogen-bond acceptors (Lipinski definition) is 1. The van der Waals surface area contributed by atoms with Crippen LogP contribution in [-0.2, 0) is 11.3 Å². The van der Waals surface area contributed by atoms with Crippen LogP contribution in [0.3, 0.4) is 0 Å². The van der Waals surface area contributed by atoms with Gasteiger partial charge in [0.05, 0.1) is 6.61 Å². The average molecular weight is 310 g/mol. The Hall–Kier alpha value is -1.34. The molecule has 3 unspecified atom stereocenters. The van der Waals surface area contributed by atoms with Crippen LogP contribution in [0.5, 0.6) is 0 Å². The number of hydrogen-bond donors (Lipinski definition) is 0. The highest BCUT2D eigenvalue weighted by Crippen LogP contribution is 2.50. The molecule has 0 saturated carbocycles. The smallest absolute Gasteiger partial charge is 0.0716 e. The third-order valence-corrected chi connectivity index (χ3v) is 5.40. The van der Waals surface area contributed by atoms with Crippen LogP contribution in [0, 0.1) is 5.92 Å². The average Bonchev–Trinajstić information content (AvgIpc) is 2.91. The standard InChI is InChI=1S/C22H30O/c1-3-5-6-9-14-23-16-17-12-13-21-18(4-2)19-10-7-8-11-20(19)22(21)15-17/h7-8,10-13,15,18-20H,3-6,9,14,16H2,1-2H3. The lowest BCUT2D eigenvalue weighted by Gasteiger charge is -2.21. The summed E-state index contributed by atoms with van der Waals surface area (Å²) in [5.74, 6) is 1.91. The van der Waals surface area contributed by atoms with Gasteiger partial charge in [0, 0.05) is 12.5 Å². The van der Waals surface area contributed by atoms with Crippen molar-refractivity contribution in [3.05, 3.63) is 59.2 Å². The van der Waals surface area contributed by atoms with Gasteiger partial charge in [0.2, 0.25) is 0 Å². The van der Waals surface area contributed by atoms with Gasteiger partial charge in [0.1, 0.15) is 0 Å². The van der Waals surface area contributed by atoms with Gasteiger partial charge in [-0.2, -0.15) is 0 Å². The largest absolute Gasteiger partial charge is 0.377 e. The minimum atomic E-state index is 0.574. The van der Waals surface area contributed by atoms with E-state index in [-0.39, 0.29) is 0 Å². The fourth-order valence-corrected chi connectivity index (χ4v) is 4.18. The number of ether oxygens (including phenoxy) is 1. The summed E-state index contributed by atoms with van der Waals surface area (Å²) in [6.07, 6.45) is 15.5. The lowest BCUT2D eigenvalue weighted by molar-refractivity contribution is 0.117. The maximum Gasteiger partial charge on any atom is 0.0716 e. The Balaban J connectivity index is 1.63. The van der Waals surface area contributed by atoms with Crippen LogP contribution >= 0.6 is 0 Å². The summed E-state index contributed by atoms with van der Waals surface area (Å²) >= 11 is 0. The van der Waals surface area contributed by atoms with Gasteiger partial charge in [0.25, 0.3) is 0 Å². The van der Waals surface area contributed by atoms with Crippen molar-refractivity contribution in [3.8, 4) is 0 Å². The number of rotatable bonds is 8. The summed E-state index contributed by atoms with van der Waals surface area (Å²) in [7, 11) is 0. The SMILES string of the molecule is CCCCCCOCc1ccc2c(c1)C1C=CC=CC1C2CC.